The molecule has 4 nitrogen and oxygen atoms in total. The number of carbonyl (C=O) groups is 1. The fourth-order valence-electron chi connectivity index (χ4n) is 4.71. The van der Waals surface area contributed by atoms with Crippen molar-refractivity contribution in [3.8, 4) is 5.75 Å². The minimum absolute atomic E-state index is 0.0403. The number of aromatic hydroxyl groups is 1. The maximum atomic E-state index is 13.0. The lowest BCUT2D eigenvalue weighted by Crippen LogP contribution is -2.51. The molecule has 3 unspecified atom stereocenters. The van der Waals surface area contributed by atoms with Gasteiger partial charge in [0.2, 0.25) is 5.91 Å². The molecule has 1 saturated heterocycles. The van der Waals surface area contributed by atoms with Crippen LogP contribution in [0.5, 0.6) is 5.75 Å². The van der Waals surface area contributed by atoms with Crippen molar-refractivity contribution in [3.63, 3.8) is 0 Å². The molecule has 1 aromatic rings. The lowest BCUT2D eigenvalue weighted by Gasteiger charge is -2.45. The predicted octanol–water partition coefficient (Wildman–Crippen LogP) is 3.12. The van der Waals surface area contributed by atoms with Crippen LogP contribution in [0.25, 0.3) is 0 Å². The van der Waals surface area contributed by atoms with E-state index in [1.54, 1.807) is 12.1 Å². The fourth-order valence-corrected chi connectivity index (χ4v) is 4.71. The van der Waals surface area contributed by atoms with Gasteiger partial charge >= 0.3 is 0 Å². The van der Waals surface area contributed by atoms with Crippen molar-refractivity contribution < 1.29 is 9.90 Å². The second-order valence-electron chi connectivity index (χ2n) is 8.11. The first kappa shape index (κ1) is 17.3. The molecule has 4 heteroatoms. The van der Waals surface area contributed by atoms with E-state index in [9.17, 15) is 9.90 Å². The van der Waals surface area contributed by atoms with E-state index in [-0.39, 0.29) is 11.3 Å². The number of hydrogen-bond donors (Lipinski definition) is 2. The summed E-state index contributed by atoms with van der Waals surface area (Å²) in [5, 5.41) is 12.8. The van der Waals surface area contributed by atoms with Gasteiger partial charge in [-0.25, -0.2) is 0 Å². The van der Waals surface area contributed by atoms with E-state index in [1.165, 1.54) is 5.56 Å². The number of carbonyl (C=O) groups excluding carboxylic acids is 1. The average Bonchev–Trinajstić information content (AvgIpc) is 3.03. The lowest BCUT2D eigenvalue weighted by molar-refractivity contribution is -0.139. The zero-order valence-electron chi connectivity index (χ0n) is 15.1. The Hall–Kier alpha value is -1.55. The molecule has 0 aromatic heterocycles. The van der Waals surface area contributed by atoms with Gasteiger partial charge in [0.15, 0.2) is 0 Å². The van der Waals surface area contributed by atoms with Gasteiger partial charge in [-0.15, -0.1) is 0 Å². The Labute approximate surface area is 145 Å². The molecule has 0 spiro atoms. The summed E-state index contributed by atoms with van der Waals surface area (Å²) >= 11 is 0. The summed E-state index contributed by atoms with van der Waals surface area (Å²) in [6.07, 6.45) is 4.26. The van der Waals surface area contributed by atoms with Gasteiger partial charge in [0.05, 0.1) is 5.92 Å². The molecule has 2 fully saturated rings. The molecule has 24 heavy (non-hydrogen) atoms. The molecule has 132 valence electrons. The predicted molar refractivity (Wildman–Crippen MR) is 96.0 cm³/mol. The molecule has 2 aliphatic rings. The Balaban J connectivity index is 1.71. The van der Waals surface area contributed by atoms with Gasteiger partial charge in [-0.05, 0) is 55.3 Å². The quantitative estimate of drug-likeness (QED) is 0.895. The first-order chi connectivity index (χ1) is 11.4. The number of phenolic OH excluding ortho intramolecular Hbond substituents is 1. The van der Waals surface area contributed by atoms with Gasteiger partial charge in [0, 0.05) is 19.1 Å². The number of piperidine rings is 1. The summed E-state index contributed by atoms with van der Waals surface area (Å²) in [7, 11) is 1.97. The number of likely N-dealkylation sites (tertiary alicyclic amines) is 1. The highest BCUT2D eigenvalue weighted by atomic mass is 16.3. The van der Waals surface area contributed by atoms with Crippen molar-refractivity contribution in [1.82, 2.24) is 10.2 Å². The van der Waals surface area contributed by atoms with Crippen LogP contribution in [-0.2, 0) is 4.79 Å². The molecular weight excluding hydrogens is 300 g/mol. The van der Waals surface area contributed by atoms with Crippen molar-refractivity contribution in [1.29, 1.82) is 0 Å². The molecule has 0 radical (unpaired) electrons. The topological polar surface area (TPSA) is 52.6 Å². The Morgan fingerprint density at radius 1 is 1.21 bits per heavy atom. The standard InChI is InChI=1S/C20H30N2O2/c1-20(2)13-22(19(24)16-5-4-6-18(16)21-3)12-11-17(20)14-7-9-15(23)10-8-14/h7-10,16-18,21,23H,4-6,11-13H2,1-3H3. The van der Waals surface area contributed by atoms with Gasteiger partial charge in [0.1, 0.15) is 5.75 Å². The minimum Gasteiger partial charge on any atom is -0.508 e. The van der Waals surface area contributed by atoms with Gasteiger partial charge in [0.25, 0.3) is 0 Å². The van der Waals surface area contributed by atoms with Crippen LogP contribution in [0, 0.1) is 11.3 Å². The highest BCUT2D eigenvalue weighted by molar-refractivity contribution is 5.80. The van der Waals surface area contributed by atoms with E-state index in [1.807, 2.05) is 19.2 Å². The van der Waals surface area contributed by atoms with Gasteiger partial charge in [-0.2, -0.15) is 0 Å². The summed E-state index contributed by atoms with van der Waals surface area (Å²) < 4.78 is 0. The van der Waals surface area contributed by atoms with E-state index in [2.05, 4.69) is 24.1 Å². The Bertz CT molecular complexity index is 582. The summed E-state index contributed by atoms with van der Waals surface area (Å²) in [6, 6.07) is 7.91. The molecule has 3 atom stereocenters. The smallest absolute Gasteiger partial charge is 0.227 e. The van der Waals surface area contributed by atoms with Gasteiger partial charge in [-0.1, -0.05) is 32.4 Å². The van der Waals surface area contributed by atoms with E-state index < -0.39 is 0 Å². The average molecular weight is 330 g/mol. The second-order valence-corrected chi connectivity index (χ2v) is 8.11. The van der Waals surface area contributed by atoms with Gasteiger partial charge in [-0.3, -0.25) is 4.79 Å². The molecule has 3 rings (SSSR count). The maximum absolute atomic E-state index is 13.0. The largest absolute Gasteiger partial charge is 0.508 e. The van der Waals surface area contributed by atoms with Crippen LogP contribution in [0.1, 0.15) is 51.0 Å². The van der Waals surface area contributed by atoms with Crippen LogP contribution in [0.2, 0.25) is 0 Å². The SMILES string of the molecule is CNC1CCCC1C(=O)N1CCC(c2ccc(O)cc2)C(C)(C)C1. The summed E-state index contributed by atoms with van der Waals surface area (Å²) in [6.45, 7) is 6.16. The van der Waals surface area contributed by atoms with Crippen molar-refractivity contribution in [2.75, 3.05) is 20.1 Å². The number of rotatable bonds is 3. The third-order valence-electron chi connectivity index (χ3n) is 6.04. The molecule has 0 bridgehead atoms. The number of hydrogen-bond acceptors (Lipinski definition) is 3. The van der Waals surface area contributed by atoms with Gasteiger partial charge < -0.3 is 15.3 Å². The number of nitrogens with one attached hydrogen (secondary N) is 1. The van der Waals surface area contributed by atoms with Crippen molar-refractivity contribution in [2.24, 2.45) is 11.3 Å². The molecule has 1 heterocycles. The van der Waals surface area contributed by atoms with E-state index in [4.69, 9.17) is 0 Å². The van der Waals surface area contributed by atoms with E-state index in [0.717, 1.165) is 38.8 Å². The zero-order valence-corrected chi connectivity index (χ0v) is 15.1. The molecule has 1 saturated carbocycles. The Kier molecular flexibility index (Phi) is 4.86. The van der Waals surface area contributed by atoms with Crippen LogP contribution in [0.4, 0.5) is 0 Å². The summed E-state index contributed by atoms with van der Waals surface area (Å²) in [4.78, 5) is 15.1. The second kappa shape index (κ2) is 6.75. The zero-order chi connectivity index (χ0) is 17.3. The number of nitrogens with zero attached hydrogens (tertiary/aromatic N) is 1. The normalized spacial score (nSPS) is 29.6. The van der Waals surface area contributed by atoms with Crippen LogP contribution in [0.15, 0.2) is 24.3 Å². The number of phenols is 1. The highest BCUT2D eigenvalue weighted by Crippen LogP contribution is 2.43. The molecular formula is C20H30N2O2. The molecule has 1 aromatic carbocycles. The third-order valence-corrected chi connectivity index (χ3v) is 6.04. The number of amides is 1. The monoisotopic (exact) mass is 330 g/mol. The van der Waals surface area contributed by atoms with Crippen LogP contribution in [0.3, 0.4) is 0 Å². The van der Waals surface area contributed by atoms with Crippen molar-refractivity contribution in [3.05, 3.63) is 29.8 Å². The Morgan fingerprint density at radius 3 is 2.54 bits per heavy atom. The summed E-state index contributed by atoms with van der Waals surface area (Å²) in [5.41, 5.74) is 1.30. The number of benzene rings is 1. The third kappa shape index (κ3) is 3.30. The molecule has 1 aliphatic heterocycles. The first-order valence-electron chi connectivity index (χ1n) is 9.17. The van der Waals surface area contributed by atoms with E-state index in [0.29, 0.717) is 23.6 Å². The highest BCUT2D eigenvalue weighted by Gasteiger charge is 2.41. The minimum atomic E-state index is 0.0403. The summed E-state index contributed by atoms with van der Waals surface area (Å²) in [5.74, 6) is 1.22. The lowest BCUT2D eigenvalue weighted by atomic mass is 9.70. The van der Waals surface area contributed by atoms with Crippen molar-refractivity contribution >= 4 is 5.91 Å². The molecule has 2 N–H and O–H groups in total. The first-order valence-corrected chi connectivity index (χ1v) is 9.17. The Morgan fingerprint density at radius 2 is 1.92 bits per heavy atom. The van der Waals surface area contributed by atoms with E-state index >= 15 is 0 Å². The fraction of sp³-hybridized carbons (Fsp3) is 0.650. The van der Waals surface area contributed by atoms with Crippen LogP contribution in [-0.4, -0.2) is 42.1 Å². The maximum Gasteiger partial charge on any atom is 0.227 e. The van der Waals surface area contributed by atoms with Crippen molar-refractivity contribution in [2.45, 2.75) is 51.5 Å². The molecule has 1 aliphatic carbocycles. The van der Waals surface area contributed by atoms with Crippen LogP contribution >= 0.6 is 0 Å². The molecule has 1 amide bonds. The van der Waals surface area contributed by atoms with Crippen LogP contribution < -0.4 is 5.32 Å².